The van der Waals surface area contributed by atoms with E-state index in [0.717, 1.165) is 31.2 Å². The normalized spacial score (nSPS) is 26.8. The Kier molecular flexibility index (Phi) is 3.59. The van der Waals surface area contributed by atoms with Crippen LogP contribution in [0.5, 0.6) is 0 Å². The van der Waals surface area contributed by atoms with Crippen LogP contribution in [-0.2, 0) is 15.1 Å². The summed E-state index contributed by atoms with van der Waals surface area (Å²) in [4.78, 5) is 11.8. The summed E-state index contributed by atoms with van der Waals surface area (Å²) in [5.74, 6) is -1.40. The van der Waals surface area contributed by atoms with Crippen molar-refractivity contribution >= 4 is 5.91 Å². The van der Waals surface area contributed by atoms with Gasteiger partial charge in [0.05, 0.1) is 17.0 Å². The van der Waals surface area contributed by atoms with Crippen LogP contribution in [0.3, 0.4) is 0 Å². The molecule has 0 unspecified atom stereocenters. The highest BCUT2D eigenvalue weighted by molar-refractivity contribution is 5.79. The van der Waals surface area contributed by atoms with Crippen LogP contribution < -0.4 is 5.73 Å². The number of fused-ring (bicyclic) bond motifs is 5. The summed E-state index contributed by atoms with van der Waals surface area (Å²) in [6.07, 6.45) is 3.61. The van der Waals surface area contributed by atoms with E-state index in [1.165, 1.54) is 18.2 Å². The number of carbonyl (C=O) groups excluding carboxylic acids is 1. The lowest BCUT2D eigenvalue weighted by molar-refractivity contribution is -0.149. The molecule has 1 aromatic heterocycles. The Balaban J connectivity index is 1.54. The molecule has 140 valence electrons. The highest BCUT2D eigenvalue weighted by atomic mass is 19.1. The zero-order valence-corrected chi connectivity index (χ0v) is 14.6. The lowest BCUT2D eigenvalue weighted by atomic mass is 9.92. The van der Waals surface area contributed by atoms with Crippen LogP contribution in [-0.4, -0.2) is 22.2 Å². The molecule has 3 aliphatic rings. The number of halogens is 2. The number of primary amides is 1. The highest BCUT2D eigenvalue weighted by Gasteiger charge is 2.55. The van der Waals surface area contributed by atoms with Crippen molar-refractivity contribution in [2.24, 2.45) is 11.7 Å². The summed E-state index contributed by atoms with van der Waals surface area (Å²) >= 11 is 0. The third kappa shape index (κ3) is 2.56. The second-order valence-corrected chi connectivity index (χ2v) is 7.84. The van der Waals surface area contributed by atoms with E-state index in [0.29, 0.717) is 12.1 Å². The van der Waals surface area contributed by atoms with Gasteiger partial charge in [0.1, 0.15) is 23.3 Å². The number of hydrogen-bond acceptors (Lipinski definition) is 4. The van der Waals surface area contributed by atoms with Crippen molar-refractivity contribution in [3.05, 3.63) is 47.2 Å². The standard InChI is InChI=1S/C20H19F2N3O2/c21-13-2-1-3-14(22)16(13)15-8-12-11-6-7-20(9-11,18(12)25-24-15)27-17(19(23)26)10-4-5-10/h1-3,8,10-11,17H,4-7,9H2,(H2,23,26)/t11-,17-,20-/m1/s1. The Morgan fingerprint density at radius 1 is 1.22 bits per heavy atom. The lowest BCUT2D eigenvalue weighted by Crippen LogP contribution is -2.40. The first-order valence-corrected chi connectivity index (χ1v) is 9.28. The van der Waals surface area contributed by atoms with Gasteiger partial charge in [-0.25, -0.2) is 8.78 Å². The minimum absolute atomic E-state index is 0.168. The van der Waals surface area contributed by atoms with E-state index in [1.807, 2.05) is 0 Å². The van der Waals surface area contributed by atoms with E-state index >= 15 is 0 Å². The van der Waals surface area contributed by atoms with Crippen LogP contribution in [0.4, 0.5) is 8.78 Å². The molecular formula is C20H19F2N3O2. The number of nitrogens with zero attached hydrogens (tertiary/aromatic N) is 2. The summed E-state index contributed by atoms with van der Waals surface area (Å²) in [5, 5.41) is 8.40. The molecule has 27 heavy (non-hydrogen) atoms. The van der Waals surface area contributed by atoms with Crippen LogP contribution in [0.1, 0.15) is 49.3 Å². The molecule has 2 N–H and O–H groups in total. The van der Waals surface area contributed by atoms with Crippen molar-refractivity contribution in [2.75, 3.05) is 0 Å². The van der Waals surface area contributed by atoms with Crippen molar-refractivity contribution in [1.82, 2.24) is 10.2 Å². The van der Waals surface area contributed by atoms with Gasteiger partial charge in [-0.2, -0.15) is 5.10 Å². The van der Waals surface area contributed by atoms with E-state index in [-0.39, 0.29) is 23.1 Å². The first-order chi connectivity index (χ1) is 13.0. The van der Waals surface area contributed by atoms with Gasteiger partial charge < -0.3 is 10.5 Å². The monoisotopic (exact) mass is 371 g/mol. The fourth-order valence-electron chi connectivity index (χ4n) is 4.62. The molecule has 3 aliphatic carbocycles. The molecular weight excluding hydrogens is 352 g/mol. The zero-order chi connectivity index (χ0) is 18.8. The molecule has 1 amide bonds. The molecule has 0 spiro atoms. The van der Waals surface area contributed by atoms with E-state index in [9.17, 15) is 13.6 Å². The molecule has 5 nitrogen and oxygen atoms in total. The maximum atomic E-state index is 14.1. The van der Waals surface area contributed by atoms with Crippen LogP contribution in [0, 0.1) is 17.6 Å². The molecule has 0 radical (unpaired) electrons. The Labute approximate surface area is 154 Å². The molecule has 0 aliphatic heterocycles. The zero-order valence-electron chi connectivity index (χ0n) is 14.6. The third-order valence-corrected chi connectivity index (χ3v) is 6.07. The first kappa shape index (κ1) is 16.7. The fourth-order valence-corrected chi connectivity index (χ4v) is 4.62. The molecule has 1 heterocycles. The Hall–Kier alpha value is -2.41. The van der Waals surface area contributed by atoms with Crippen molar-refractivity contribution in [2.45, 2.75) is 49.7 Å². The smallest absolute Gasteiger partial charge is 0.246 e. The van der Waals surface area contributed by atoms with Gasteiger partial charge >= 0.3 is 0 Å². The topological polar surface area (TPSA) is 78.1 Å². The van der Waals surface area contributed by atoms with Gasteiger partial charge in [-0.3, -0.25) is 4.79 Å². The molecule has 1 aromatic carbocycles. The summed E-state index contributed by atoms with van der Waals surface area (Å²) in [6.45, 7) is 0. The largest absolute Gasteiger partial charge is 0.367 e. The second kappa shape index (κ2) is 5.79. The lowest BCUT2D eigenvalue weighted by Gasteiger charge is -2.31. The van der Waals surface area contributed by atoms with Crippen molar-refractivity contribution in [3.8, 4) is 11.3 Å². The van der Waals surface area contributed by atoms with E-state index in [4.69, 9.17) is 10.5 Å². The molecule has 2 aromatic rings. The quantitative estimate of drug-likeness (QED) is 0.876. The molecule has 5 rings (SSSR count). The Morgan fingerprint density at radius 3 is 2.63 bits per heavy atom. The maximum absolute atomic E-state index is 14.1. The van der Waals surface area contributed by atoms with Crippen LogP contribution in [0.25, 0.3) is 11.3 Å². The number of aromatic nitrogens is 2. The van der Waals surface area contributed by atoms with Crippen LogP contribution in [0.15, 0.2) is 24.3 Å². The summed E-state index contributed by atoms with van der Waals surface area (Å²) in [6, 6.07) is 5.45. The molecule has 0 saturated heterocycles. The summed E-state index contributed by atoms with van der Waals surface area (Å²) < 4.78 is 34.5. The Bertz CT molecular complexity index is 927. The van der Waals surface area contributed by atoms with Crippen molar-refractivity contribution < 1.29 is 18.3 Å². The average molecular weight is 371 g/mol. The number of ether oxygens (including phenoxy) is 1. The summed E-state index contributed by atoms with van der Waals surface area (Å²) in [7, 11) is 0. The minimum Gasteiger partial charge on any atom is -0.367 e. The number of amides is 1. The van der Waals surface area contributed by atoms with E-state index in [1.54, 1.807) is 6.07 Å². The van der Waals surface area contributed by atoms with Gasteiger partial charge in [0.2, 0.25) is 5.91 Å². The number of nitrogens with two attached hydrogens (primary N) is 1. The number of benzene rings is 1. The van der Waals surface area contributed by atoms with Gasteiger partial charge in [0, 0.05) is 0 Å². The number of rotatable bonds is 5. The number of hydrogen-bond donors (Lipinski definition) is 1. The van der Waals surface area contributed by atoms with Crippen LogP contribution >= 0.6 is 0 Å². The van der Waals surface area contributed by atoms with Gasteiger partial charge in [0.25, 0.3) is 0 Å². The number of carbonyl (C=O) groups is 1. The predicted octanol–water partition coefficient (Wildman–Crippen LogP) is 3.18. The molecule has 2 bridgehead atoms. The molecule has 7 heteroatoms. The molecule has 3 atom stereocenters. The van der Waals surface area contributed by atoms with Crippen molar-refractivity contribution in [1.29, 1.82) is 0 Å². The Morgan fingerprint density at radius 2 is 1.96 bits per heavy atom. The van der Waals surface area contributed by atoms with Gasteiger partial charge in [0.15, 0.2) is 0 Å². The SMILES string of the molecule is NC(=O)[C@H](O[C@]12CC[C@H](C1)c1cc(-c3c(F)cccc3F)nnc12)C1CC1. The highest BCUT2D eigenvalue weighted by Crippen LogP contribution is 2.58. The average Bonchev–Trinajstić information content (AvgIpc) is 3.32. The van der Waals surface area contributed by atoms with E-state index in [2.05, 4.69) is 10.2 Å². The van der Waals surface area contributed by atoms with Gasteiger partial charge in [-0.05, 0) is 67.7 Å². The fraction of sp³-hybridized carbons (Fsp3) is 0.450. The second-order valence-electron chi connectivity index (χ2n) is 7.84. The predicted molar refractivity (Wildman–Crippen MR) is 92.4 cm³/mol. The van der Waals surface area contributed by atoms with Gasteiger partial charge in [-0.15, -0.1) is 5.10 Å². The van der Waals surface area contributed by atoms with E-state index < -0.39 is 29.2 Å². The van der Waals surface area contributed by atoms with Crippen molar-refractivity contribution in [3.63, 3.8) is 0 Å². The van der Waals surface area contributed by atoms with Crippen LogP contribution in [0.2, 0.25) is 0 Å². The molecule has 2 fully saturated rings. The molecule has 2 saturated carbocycles. The first-order valence-electron chi connectivity index (χ1n) is 9.28. The van der Waals surface area contributed by atoms with Gasteiger partial charge in [-0.1, -0.05) is 6.07 Å². The minimum atomic E-state index is -0.666. The third-order valence-electron chi connectivity index (χ3n) is 6.07. The maximum Gasteiger partial charge on any atom is 0.246 e. The summed E-state index contributed by atoms with van der Waals surface area (Å²) in [5.41, 5.74) is 6.50.